The van der Waals surface area contributed by atoms with E-state index < -0.39 is 5.97 Å². The molecule has 1 aliphatic rings. The number of carboxylic acid groups (broad SMARTS) is 1. The molecule has 62 valence electrons. The lowest BCUT2D eigenvalue weighted by Crippen LogP contribution is -2.49. The van der Waals surface area contributed by atoms with Crippen molar-refractivity contribution < 1.29 is 14.7 Å². The van der Waals surface area contributed by atoms with Gasteiger partial charge in [0.1, 0.15) is 0 Å². The molecule has 11 heavy (non-hydrogen) atoms. The molecule has 2 atom stereocenters. The van der Waals surface area contributed by atoms with E-state index in [1.807, 2.05) is 0 Å². The fraction of sp³-hybridized carbons (Fsp3) is 0.714. The predicted molar refractivity (Wildman–Crippen MR) is 38.0 cm³/mol. The summed E-state index contributed by atoms with van der Waals surface area (Å²) in [5.41, 5.74) is 0. The minimum absolute atomic E-state index is 0.134. The molecular weight excluding hydrogens is 146 g/mol. The molecule has 0 bridgehead atoms. The summed E-state index contributed by atoms with van der Waals surface area (Å²) in [6.45, 7) is 1.40. The second kappa shape index (κ2) is 2.90. The molecule has 4 heteroatoms. The Balaban J connectivity index is 2.37. The number of hydrogen-bond donors (Lipinski definition) is 2. The van der Waals surface area contributed by atoms with Gasteiger partial charge in [-0.05, 0) is 12.8 Å². The molecule has 0 aromatic heterocycles. The molecule has 2 unspecified atom stereocenters. The van der Waals surface area contributed by atoms with Gasteiger partial charge in [0.05, 0.1) is 5.92 Å². The molecule has 1 aliphatic carbocycles. The summed E-state index contributed by atoms with van der Waals surface area (Å²) in [5.74, 6) is -1.32. The van der Waals surface area contributed by atoms with E-state index >= 15 is 0 Å². The Morgan fingerprint density at radius 1 is 1.45 bits per heavy atom. The molecule has 4 nitrogen and oxygen atoms in total. The summed E-state index contributed by atoms with van der Waals surface area (Å²) in [7, 11) is 0. The minimum Gasteiger partial charge on any atom is -0.481 e. The van der Waals surface area contributed by atoms with Crippen LogP contribution in [0, 0.1) is 5.92 Å². The largest absolute Gasteiger partial charge is 0.481 e. The zero-order chi connectivity index (χ0) is 8.43. The van der Waals surface area contributed by atoms with Gasteiger partial charge in [0, 0.05) is 13.0 Å². The Morgan fingerprint density at radius 2 is 2.09 bits per heavy atom. The summed E-state index contributed by atoms with van der Waals surface area (Å²) in [6, 6.07) is -0.134. The predicted octanol–water partition coefficient (Wildman–Crippen LogP) is -0.0143. The van der Waals surface area contributed by atoms with Crippen molar-refractivity contribution in [3.8, 4) is 0 Å². The van der Waals surface area contributed by atoms with Crippen LogP contribution in [-0.4, -0.2) is 23.0 Å². The van der Waals surface area contributed by atoms with Crippen LogP contribution in [0.2, 0.25) is 0 Å². The Labute approximate surface area is 64.6 Å². The average molecular weight is 157 g/mol. The zero-order valence-corrected chi connectivity index (χ0v) is 6.33. The normalized spacial score (nSPS) is 28.8. The molecule has 2 N–H and O–H groups in total. The van der Waals surface area contributed by atoms with Gasteiger partial charge in [0.15, 0.2) is 0 Å². The highest BCUT2D eigenvalue weighted by Gasteiger charge is 2.36. The maximum absolute atomic E-state index is 10.5. The van der Waals surface area contributed by atoms with Crippen LogP contribution in [-0.2, 0) is 9.59 Å². The SMILES string of the molecule is CC(=O)NC1CCC1C(=O)O. The van der Waals surface area contributed by atoms with E-state index in [9.17, 15) is 9.59 Å². The monoisotopic (exact) mass is 157 g/mol. The Hall–Kier alpha value is -1.06. The van der Waals surface area contributed by atoms with Crippen molar-refractivity contribution in [3.63, 3.8) is 0 Å². The lowest BCUT2D eigenvalue weighted by molar-refractivity contribution is -0.146. The lowest BCUT2D eigenvalue weighted by atomic mass is 9.79. The van der Waals surface area contributed by atoms with Gasteiger partial charge in [-0.15, -0.1) is 0 Å². The molecule has 1 fully saturated rings. The number of carbonyl (C=O) groups is 2. The third kappa shape index (κ3) is 1.69. The van der Waals surface area contributed by atoms with Crippen LogP contribution in [0.4, 0.5) is 0 Å². The second-order valence-electron chi connectivity index (χ2n) is 2.83. The molecule has 0 saturated heterocycles. The molecular formula is C7H11NO3. The van der Waals surface area contributed by atoms with Gasteiger partial charge < -0.3 is 10.4 Å². The molecule has 1 rings (SSSR count). The van der Waals surface area contributed by atoms with Crippen LogP contribution in [0.25, 0.3) is 0 Å². The number of nitrogens with one attached hydrogen (secondary N) is 1. The molecule has 0 radical (unpaired) electrons. The van der Waals surface area contributed by atoms with E-state index in [1.165, 1.54) is 6.92 Å². The highest BCUT2D eigenvalue weighted by molar-refractivity contribution is 5.77. The minimum atomic E-state index is -0.810. The van der Waals surface area contributed by atoms with Crippen LogP contribution in [0.5, 0.6) is 0 Å². The van der Waals surface area contributed by atoms with Gasteiger partial charge >= 0.3 is 5.97 Å². The fourth-order valence-electron chi connectivity index (χ4n) is 1.23. The van der Waals surface area contributed by atoms with Crippen LogP contribution in [0.3, 0.4) is 0 Å². The Bertz CT molecular complexity index is 190. The van der Waals surface area contributed by atoms with Crippen molar-refractivity contribution in [2.75, 3.05) is 0 Å². The highest BCUT2D eigenvalue weighted by atomic mass is 16.4. The smallest absolute Gasteiger partial charge is 0.308 e. The first-order valence-electron chi connectivity index (χ1n) is 3.61. The van der Waals surface area contributed by atoms with Crippen molar-refractivity contribution in [3.05, 3.63) is 0 Å². The van der Waals surface area contributed by atoms with Crippen LogP contribution in [0.15, 0.2) is 0 Å². The summed E-state index contributed by atoms with van der Waals surface area (Å²) in [5, 5.41) is 11.2. The Kier molecular flexibility index (Phi) is 2.12. The third-order valence-electron chi connectivity index (χ3n) is 1.98. The van der Waals surface area contributed by atoms with Gasteiger partial charge in [0.25, 0.3) is 0 Å². The topological polar surface area (TPSA) is 66.4 Å². The summed E-state index contributed by atoms with van der Waals surface area (Å²) in [6.07, 6.45) is 1.47. The molecule has 0 spiro atoms. The first-order valence-corrected chi connectivity index (χ1v) is 3.61. The van der Waals surface area contributed by atoms with Gasteiger partial charge in [-0.2, -0.15) is 0 Å². The molecule has 0 aromatic carbocycles. The van der Waals surface area contributed by atoms with E-state index in [0.29, 0.717) is 6.42 Å². The number of hydrogen-bond acceptors (Lipinski definition) is 2. The fourth-order valence-corrected chi connectivity index (χ4v) is 1.23. The van der Waals surface area contributed by atoms with E-state index in [4.69, 9.17) is 5.11 Å². The molecule has 0 heterocycles. The van der Waals surface area contributed by atoms with Gasteiger partial charge in [-0.25, -0.2) is 0 Å². The second-order valence-corrected chi connectivity index (χ2v) is 2.83. The van der Waals surface area contributed by atoms with Gasteiger partial charge in [0.2, 0.25) is 5.91 Å². The standard InChI is InChI=1S/C7H11NO3/c1-4(9)8-6-3-2-5(6)7(10)11/h5-6H,2-3H2,1H3,(H,8,9)(H,10,11). The summed E-state index contributed by atoms with van der Waals surface area (Å²) in [4.78, 5) is 20.9. The van der Waals surface area contributed by atoms with E-state index in [2.05, 4.69) is 5.32 Å². The first kappa shape index (κ1) is 8.04. The van der Waals surface area contributed by atoms with Gasteiger partial charge in [-0.3, -0.25) is 9.59 Å². The molecule has 1 amide bonds. The average Bonchev–Trinajstić information content (AvgIpc) is 1.78. The van der Waals surface area contributed by atoms with Crippen LogP contribution >= 0.6 is 0 Å². The maximum Gasteiger partial charge on any atom is 0.308 e. The quantitative estimate of drug-likeness (QED) is 0.592. The Morgan fingerprint density at radius 3 is 2.36 bits per heavy atom. The van der Waals surface area contributed by atoms with Crippen molar-refractivity contribution in [1.29, 1.82) is 0 Å². The van der Waals surface area contributed by atoms with Crippen molar-refractivity contribution in [1.82, 2.24) is 5.32 Å². The van der Waals surface area contributed by atoms with Gasteiger partial charge in [-0.1, -0.05) is 0 Å². The summed E-state index contributed by atoms with van der Waals surface area (Å²) < 4.78 is 0. The lowest BCUT2D eigenvalue weighted by Gasteiger charge is -2.33. The number of rotatable bonds is 2. The van der Waals surface area contributed by atoms with Crippen molar-refractivity contribution >= 4 is 11.9 Å². The zero-order valence-electron chi connectivity index (χ0n) is 6.33. The van der Waals surface area contributed by atoms with E-state index in [0.717, 1.165) is 6.42 Å². The third-order valence-corrected chi connectivity index (χ3v) is 1.98. The number of carboxylic acids is 1. The van der Waals surface area contributed by atoms with E-state index in [-0.39, 0.29) is 17.9 Å². The van der Waals surface area contributed by atoms with Crippen LogP contribution < -0.4 is 5.32 Å². The highest BCUT2D eigenvalue weighted by Crippen LogP contribution is 2.27. The van der Waals surface area contributed by atoms with E-state index in [1.54, 1.807) is 0 Å². The summed E-state index contributed by atoms with van der Waals surface area (Å²) >= 11 is 0. The number of aliphatic carboxylic acids is 1. The molecule has 0 aromatic rings. The van der Waals surface area contributed by atoms with Crippen molar-refractivity contribution in [2.45, 2.75) is 25.8 Å². The number of amides is 1. The maximum atomic E-state index is 10.5. The molecule has 1 saturated carbocycles. The molecule has 0 aliphatic heterocycles. The van der Waals surface area contributed by atoms with Crippen molar-refractivity contribution in [2.24, 2.45) is 5.92 Å². The van der Waals surface area contributed by atoms with Crippen LogP contribution in [0.1, 0.15) is 19.8 Å². The number of carbonyl (C=O) groups excluding carboxylic acids is 1. The first-order chi connectivity index (χ1) is 5.11.